The van der Waals surface area contributed by atoms with Crippen LogP contribution in [0.1, 0.15) is 21.5 Å². The minimum Gasteiger partial charge on any atom is -0.428 e. The summed E-state index contributed by atoms with van der Waals surface area (Å²) >= 11 is 1.79. The van der Waals surface area contributed by atoms with Gasteiger partial charge in [0.25, 0.3) is 0 Å². The van der Waals surface area contributed by atoms with Crippen LogP contribution >= 0.6 is 23.0 Å². The van der Waals surface area contributed by atoms with Gasteiger partial charge in [-0.15, -0.1) is 0 Å². The van der Waals surface area contributed by atoms with Crippen molar-refractivity contribution >= 4 is 40.9 Å². The van der Waals surface area contributed by atoms with E-state index in [1.807, 2.05) is 31.2 Å². The van der Waals surface area contributed by atoms with Crippen molar-refractivity contribution < 1.29 is 12.6 Å². The number of ether oxygens (including phenoxy) is 1. The summed E-state index contributed by atoms with van der Waals surface area (Å²) in [4.78, 5) is 16.6. The van der Waals surface area contributed by atoms with Gasteiger partial charge in [-0.05, 0) is 61.0 Å². The van der Waals surface area contributed by atoms with E-state index in [4.69, 9.17) is 7.80 Å². The van der Waals surface area contributed by atoms with Gasteiger partial charge in [0.1, 0.15) is 11.5 Å². The molecular weight excluding hydrogens is 441 g/mol. The summed E-state index contributed by atoms with van der Waals surface area (Å²) in [6.45, 7) is 2.05. The number of aryl methyl sites for hydroxylation is 1. The molecule has 3 aromatic carbocycles. The van der Waals surface area contributed by atoms with Crippen molar-refractivity contribution in [3.8, 4) is 11.5 Å². The predicted molar refractivity (Wildman–Crippen MR) is 111 cm³/mol. The molecule has 0 heterocycles. The molecule has 0 aromatic heterocycles. The van der Waals surface area contributed by atoms with E-state index in [-0.39, 0.29) is 0 Å². The third kappa shape index (κ3) is 4.92. The first-order valence-corrected chi connectivity index (χ1v) is 8.84. The predicted octanol–water partition coefficient (Wildman–Crippen LogP) is 5.69. The van der Waals surface area contributed by atoms with Gasteiger partial charge < -0.3 is 7.80 Å². The first kappa shape index (κ1) is 18.1. The summed E-state index contributed by atoms with van der Waals surface area (Å²) in [7, 11) is 0. The Hall–Kier alpha value is -2.67. The highest BCUT2D eigenvalue weighted by Crippen LogP contribution is 2.20. The maximum atomic E-state index is 12.1. The van der Waals surface area contributed by atoms with Crippen molar-refractivity contribution in [1.29, 1.82) is 0 Å². The number of hydrogen-bond donors (Lipinski definition) is 0. The van der Waals surface area contributed by atoms with Gasteiger partial charge in [-0.2, -0.15) is 0 Å². The number of carbonyl (C=O) groups excluding carboxylic acids is 1. The first-order chi connectivity index (χ1) is 12.6. The first-order valence-electron chi connectivity index (χ1n) is 7.96. The minimum absolute atomic E-state index is 0.416. The molecule has 0 radical (unpaired) electrons. The van der Waals surface area contributed by atoms with E-state index in [0.29, 0.717) is 17.1 Å². The van der Waals surface area contributed by atoms with Crippen molar-refractivity contribution in [2.45, 2.75) is 6.92 Å². The second-order valence-electron chi connectivity index (χ2n) is 5.65. The molecule has 0 saturated heterocycles. The number of rotatable bonds is 5. The Balaban J connectivity index is 1.63. The number of halogens is 1. The van der Waals surface area contributed by atoms with Gasteiger partial charge in [0.15, 0.2) is 23.0 Å². The minimum atomic E-state index is -0.416. The van der Waals surface area contributed by atoms with Crippen LogP contribution in [0.3, 0.4) is 0 Å². The molecule has 0 aliphatic heterocycles. The summed E-state index contributed by atoms with van der Waals surface area (Å²) in [6, 6.07) is 21.9. The van der Waals surface area contributed by atoms with Crippen molar-refractivity contribution in [3.63, 3.8) is 0 Å². The molecule has 0 unspecified atom stereocenters. The van der Waals surface area contributed by atoms with Gasteiger partial charge in [-0.1, -0.05) is 29.8 Å². The zero-order valence-electron chi connectivity index (χ0n) is 14.1. The summed E-state index contributed by atoms with van der Waals surface area (Å²) in [5, 5.41) is 0. The molecule has 0 fully saturated rings. The summed E-state index contributed by atoms with van der Waals surface area (Å²) in [6.07, 6.45) is 1.80. The van der Waals surface area contributed by atoms with Crippen molar-refractivity contribution in [2.24, 2.45) is 4.99 Å². The Morgan fingerprint density at radius 2 is 1.50 bits per heavy atom. The molecule has 0 aliphatic carbocycles. The Morgan fingerprint density at radius 1 is 0.885 bits per heavy atom. The maximum Gasteiger partial charge on any atom is 0.343 e. The van der Waals surface area contributed by atoms with E-state index >= 15 is 0 Å². The molecule has 0 atom stereocenters. The van der Waals surface area contributed by atoms with E-state index in [9.17, 15) is 4.79 Å². The maximum absolute atomic E-state index is 12.1. The SMILES string of the molecule is Cc1ccc(/C=N/c2ccc(OC(=O)c3ccc(OI)cc3)cc2)cc1. The van der Waals surface area contributed by atoms with Gasteiger partial charge in [0, 0.05) is 6.21 Å². The van der Waals surface area contributed by atoms with Crippen LogP contribution in [0.15, 0.2) is 77.8 Å². The highest BCUT2D eigenvalue weighted by Gasteiger charge is 2.08. The van der Waals surface area contributed by atoms with Crippen LogP contribution in [0.4, 0.5) is 5.69 Å². The fourth-order valence-electron chi connectivity index (χ4n) is 2.21. The number of carbonyl (C=O) groups is 1. The Bertz CT molecular complexity index is 901. The van der Waals surface area contributed by atoms with Gasteiger partial charge >= 0.3 is 5.97 Å². The van der Waals surface area contributed by atoms with Gasteiger partial charge in [-0.3, -0.25) is 4.99 Å². The second kappa shape index (κ2) is 8.62. The lowest BCUT2D eigenvalue weighted by Gasteiger charge is -2.05. The van der Waals surface area contributed by atoms with Crippen LogP contribution in [0, 0.1) is 6.92 Å². The molecule has 3 aromatic rings. The smallest absolute Gasteiger partial charge is 0.343 e. The highest BCUT2D eigenvalue weighted by atomic mass is 127. The summed E-state index contributed by atoms with van der Waals surface area (Å²) in [5.41, 5.74) is 3.49. The van der Waals surface area contributed by atoms with Crippen LogP contribution in [-0.4, -0.2) is 12.2 Å². The molecular formula is C21H16INO3. The molecule has 0 aliphatic rings. The lowest BCUT2D eigenvalue weighted by Crippen LogP contribution is -2.07. The number of hydrogen-bond acceptors (Lipinski definition) is 4. The topological polar surface area (TPSA) is 47.9 Å². The van der Waals surface area contributed by atoms with E-state index in [1.165, 1.54) is 5.56 Å². The van der Waals surface area contributed by atoms with E-state index in [1.54, 1.807) is 77.8 Å². The number of esters is 1. The monoisotopic (exact) mass is 457 g/mol. The fraction of sp³-hybridized carbons (Fsp3) is 0.0476. The number of nitrogens with zero attached hydrogens (tertiary/aromatic N) is 1. The molecule has 0 saturated carbocycles. The second-order valence-corrected chi connectivity index (χ2v) is 6.09. The quantitative estimate of drug-likeness (QED) is 0.214. The van der Waals surface area contributed by atoms with Gasteiger partial charge in [0.2, 0.25) is 0 Å². The Labute approximate surface area is 166 Å². The van der Waals surface area contributed by atoms with Crippen LogP contribution in [0.25, 0.3) is 0 Å². The number of aliphatic imine (C=N–C) groups is 1. The number of benzene rings is 3. The van der Waals surface area contributed by atoms with E-state index in [0.717, 1.165) is 11.3 Å². The third-order valence-electron chi connectivity index (χ3n) is 3.67. The molecule has 3 rings (SSSR count). The molecule has 26 heavy (non-hydrogen) atoms. The molecule has 0 amide bonds. The van der Waals surface area contributed by atoms with Crippen LogP contribution in [0.2, 0.25) is 0 Å². The van der Waals surface area contributed by atoms with Crippen LogP contribution in [-0.2, 0) is 0 Å². The van der Waals surface area contributed by atoms with Gasteiger partial charge in [-0.25, -0.2) is 4.79 Å². The Kier molecular flexibility index (Phi) is 6.01. The largest absolute Gasteiger partial charge is 0.428 e. The zero-order chi connectivity index (χ0) is 18.4. The lowest BCUT2D eigenvalue weighted by molar-refractivity contribution is 0.0735. The average Bonchev–Trinajstić information content (AvgIpc) is 2.68. The molecule has 0 N–H and O–H groups in total. The van der Waals surface area contributed by atoms with E-state index < -0.39 is 5.97 Å². The lowest BCUT2D eigenvalue weighted by atomic mass is 10.2. The molecule has 5 heteroatoms. The van der Waals surface area contributed by atoms with Crippen molar-refractivity contribution in [3.05, 3.63) is 89.5 Å². The normalized spacial score (nSPS) is 10.7. The van der Waals surface area contributed by atoms with Crippen molar-refractivity contribution in [2.75, 3.05) is 0 Å². The summed E-state index contributed by atoms with van der Waals surface area (Å²) in [5.74, 6) is 0.734. The summed E-state index contributed by atoms with van der Waals surface area (Å²) < 4.78 is 10.4. The zero-order valence-corrected chi connectivity index (χ0v) is 16.2. The molecule has 4 nitrogen and oxygen atoms in total. The average molecular weight is 457 g/mol. The fourth-order valence-corrected chi connectivity index (χ4v) is 2.50. The van der Waals surface area contributed by atoms with Crippen molar-refractivity contribution in [1.82, 2.24) is 0 Å². The van der Waals surface area contributed by atoms with Crippen LogP contribution < -0.4 is 7.80 Å². The van der Waals surface area contributed by atoms with Crippen LogP contribution in [0.5, 0.6) is 11.5 Å². The molecule has 0 bridgehead atoms. The third-order valence-corrected chi connectivity index (χ3v) is 4.17. The molecule has 130 valence electrons. The molecule has 0 spiro atoms. The van der Waals surface area contributed by atoms with Gasteiger partial charge in [0.05, 0.1) is 11.3 Å². The Morgan fingerprint density at radius 3 is 2.12 bits per heavy atom. The van der Waals surface area contributed by atoms with E-state index in [2.05, 4.69) is 4.99 Å². The highest BCUT2D eigenvalue weighted by molar-refractivity contribution is 14.1. The standard InChI is InChI=1S/C21H16INO3/c1-15-2-4-16(5-3-15)14-23-18-8-12-19(13-9-18)25-21(24)17-6-10-20(26-22)11-7-17/h2-14H,1H3/b23-14+.